The number of rotatable bonds is 7. The predicted molar refractivity (Wildman–Crippen MR) is 110 cm³/mol. The van der Waals surface area contributed by atoms with Crippen LogP contribution in [0.1, 0.15) is 32.0 Å². The van der Waals surface area contributed by atoms with Gasteiger partial charge in [-0.2, -0.15) is 0 Å². The fraction of sp³-hybridized carbons (Fsp3) is 0.650. The number of aromatic nitrogens is 3. The number of H-pyrrole nitrogens is 1. The normalized spacial score (nSPS) is 21.6. The number of furan rings is 1. The second kappa shape index (κ2) is 9.89. The Labute approximate surface area is 171 Å². The van der Waals surface area contributed by atoms with Gasteiger partial charge in [-0.3, -0.25) is 5.10 Å². The number of hydrogen-bond donors (Lipinski definition) is 3. The van der Waals surface area contributed by atoms with Crippen LogP contribution < -0.4 is 10.6 Å². The molecule has 0 aliphatic carbocycles. The molecular formula is C20H31N7O2. The first kappa shape index (κ1) is 19.9. The number of aliphatic imine (C=N–C) groups is 1. The van der Waals surface area contributed by atoms with Gasteiger partial charge in [-0.15, -0.1) is 5.10 Å². The highest BCUT2D eigenvalue weighted by Crippen LogP contribution is 2.18. The third kappa shape index (κ3) is 5.57. The maximum Gasteiger partial charge on any atom is 0.216 e. The van der Waals surface area contributed by atoms with Crippen molar-refractivity contribution < 1.29 is 9.15 Å². The standard InChI is InChI=1S/C20H31N7O2/c1-2-21-20(22-12-18-24-19(26-25-18)17-4-3-10-29-17)23-16-5-8-27(9-6-16)13-15-7-11-28-14-15/h3-4,10,15-16H,2,5-9,11-14H2,1H3,(H2,21,22,23)(H,24,25,26). The molecule has 29 heavy (non-hydrogen) atoms. The molecule has 9 heteroatoms. The summed E-state index contributed by atoms with van der Waals surface area (Å²) in [5, 5.41) is 14.0. The summed E-state index contributed by atoms with van der Waals surface area (Å²) in [5.74, 6) is 3.45. The van der Waals surface area contributed by atoms with Gasteiger partial charge in [-0.25, -0.2) is 9.98 Å². The Balaban J connectivity index is 1.26. The summed E-state index contributed by atoms with van der Waals surface area (Å²) >= 11 is 0. The fourth-order valence-electron chi connectivity index (χ4n) is 3.90. The lowest BCUT2D eigenvalue weighted by Crippen LogP contribution is -2.49. The van der Waals surface area contributed by atoms with Gasteiger partial charge in [-0.1, -0.05) is 0 Å². The van der Waals surface area contributed by atoms with Crippen LogP contribution in [0.5, 0.6) is 0 Å². The van der Waals surface area contributed by atoms with E-state index >= 15 is 0 Å². The highest BCUT2D eigenvalue weighted by Gasteiger charge is 2.24. The number of ether oxygens (including phenoxy) is 1. The third-order valence-electron chi connectivity index (χ3n) is 5.47. The molecule has 2 fully saturated rings. The summed E-state index contributed by atoms with van der Waals surface area (Å²) < 4.78 is 10.8. The summed E-state index contributed by atoms with van der Waals surface area (Å²) in [6.07, 6.45) is 5.08. The zero-order chi connectivity index (χ0) is 19.9. The van der Waals surface area contributed by atoms with Crippen molar-refractivity contribution in [1.29, 1.82) is 0 Å². The van der Waals surface area contributed by atoms with Crippen LogP contribution in [0, 0.1) is 5.92 Å². The summed E-state index contributed by atoms with van der Waals surface area (Å²) in [4.78, 5) is 11.7. The lowest BCUT2D eigenvalue weighted by Gasteiger charge is -2.34. The van der Waals surface area contributed by atoms with E-state index in [0.717, 1.165) is 51.6 Å². The molecule has 9 nitrogen and oxygen atoms in total. The Morgan fingerprint density at radius 2 is 2.24 bits per heavy atom. The van der Waals surface area contributed by atoms with Crippen molar-refractivity contribution in [3.8, 4) is 11.6 Å². The van der Waals surface area contributed by atoms with Gasteiger partial charge in [0.1, 0.15) is 12.4 Å². The molecule has 2 saturated heterocycles. The maximum absolute atomic E-state index is 5.50. The fourth-order valence-corrected chi connectivity index (χ4v) is 3.90. The first-order valence-corrected chi connectivity index (χ1v) is 10.6. The minimum atomic E-state index is 0.434. The molecule has 158 valence electrons. The Kier molecular flexibility index (Phi) is 6.79. The molecule has 2 aromatic heterocycles. The average molecular weight is 402 g/mol. The van der Waals surface area contributed by atoms with Crippen molar-refractivity contribution in [3.05, 3.63) is 24.2 Å². The molecule has 2 aromatic rings. The lowest BCUT2D eigenvalue weighted by atomic mass is 10.0. The summed E-state index contributed by atoms with van der Waals surface area (Å²) in [6.45, 7) is 8.61. The molecule has 0 radical (unpaired) electrons. The average Bonchev–Trinajstić information content (AvgIpc) is 3.50. The van der Waals surface area contributed by atoms with E-state index in [0.29, 0.717) is 35.9 Å². The molecule has 2 aliphatic rings. The number of likely N-dealkylation sites (tertiary alicyclic amines) is 1. The number of hydrogen-bond acceptors (Lipinski definition) is 6. The van der Waals surface area contributed by atoms with Crippen molar-refractivity contribution in [2.24, 2.45) is 10.9 Å². The maximum atomic E-state index is 5.50. The zero-order valence-electron chi connectivity index (χ0n) is 17.1. The molecule has 1 atom stereocenters. The molecule has 2 aliphatic heterocycles. The summed E-state index contributed by atoms with van der Waals surface area (Å²) in [6, 6.07) is 4.11. The van der Waals surface area contributed by atoms with Crippen LogP contribution in [0.15, 0.2) is 27.8 Å². The number of aromatic amines is 1. The van der Waals surface area contributed by atoms with Crippen LogP contribution >= 0.6 is 0 Å². The number of nitrogens with zero attached hydrogens (tertiary/aromatic N) is 4. The number of nitrogens with one attached hydrogen (secondary N) is 3. The second-order valence-corrected chi connectivity index (χ2v) is 7.73. The second-order valence-electron chi connectivity index (χ2n) is 7.73. The van der Waals surface area contributed by atoms with E-state index in [9.17, 15) is 0 Å². The SMILES string of the molecule is CCNC(=NCc1nc(-c2ccco2)n[nH]1)NC1CCN(CC2CCOC2)CC1. The van der Waals surface area contributed by atoms with Crippen LogP contribution in [-0.4, -0.2) is 71.5 Å². The van der Waals surface area contributed by atoms with E-state index in [4.69, 9.17) is 9.15 Å². The Morgan fingerprint density at radius 1 is 1.34 bits per heavy atom. The predicted octanol–water partition coefficient (Wildman–Crippen LogP) is 1.62. The van der Waals surface area contributed by atoms with Crippen LogP contribution in [-0.2, 0) is 11.3 Å². The molecule has 1 unspecified atom stereocenters. The monoisotopic (exact) mass is 401 g/mol. The van der Waals surface area contributed by atoms with Crippen LogP contribution in [0.4, 0.5) is 0 Å². The molecule has 0 bridgehead atoms. The van der Waals surface area contributed by atoms with Crippen LogP contribution in [0.2, 0.25) is 0 Å². The molecule has 0 amide bonds. The van der Waals surface area contributed by atoms with Gasteiger partial charge in [0, 0.05) is 38.8 Å². The quantitative estimate of drug-likeness (QED) is 0.478. The van der Waals surface area contributed by atoms with Gasteiger partial charge in [-0.05, 0) is 44.2 Å². The molecule has 0 spiro atoms. The van der Waals surface area contributed by atoms with Crippen molar-refractivity contribution >= 4 is 5.96 Å². The van der Waals surface area contributed by atoms with Gasteiger partial charge in [0.2, 0.25) is 5.82 Å². The van der Waals surface area contributed by atoms with Gasteiger partial charge in [0.25, 0.3) is 0 Å². The number of piperidine rings is 1. The van der Waals surface area contributed by atoms with Crippen LogP contribution in [0.25, 0.3) is 11.6 Å². The lowest BCUT2D eigenvalue weighted by molar-refractivity contribution is 0.150. The summed E-state index contributed by atoms with van der Waals surface area (Å²) in [5.41, 5.74) is 0. The molecule has 3 N–H and O–H groups in total. The van der Waals surface area contributed by atoms with Crippen molar-refractivity contribution in [3.63, 3.8) is 0 Å². The molecule has 0 saturated carbocycles. The summed E-state index contributed by atoms with van der Waals surface area (Å²) in [7, 11) is 0. The van der Waals surface area contributed by atoms with E-state index in [1.54, 1.807) is 6.26 Å². The largest absolute Gasteiger partial charge is 0.461 e. The van der Waals surface area contributed by atoms with Gasteiger partial charge in [0.05, 0.1) is 12.9 Å². The first-order valence-electron chi connectivity index (χ1n) is 10.6. The molecule has 4 heterocycles. The van der Waals surface area contributed by atoms with E-state index in [-0.39, 0.29) is 0 Å². The van der Waals surface area contributed by atoms with E-state index in [1.807, 2.05) is 12.1 Å². The minimum Gasteiger partial charge on any atom is -0.461 e. The van der Waals surface area contributed by atoms with Crippen LogP contribution in [0.3, 0.4) is 0 Å². The topological polar surface area (TPSA) is 104 Å². The van der Waals surface area contributed by atoms with E-state index < -0.39 is 0 Å². The van der Waals surface area contributed by atoms with Gasteiger partial charge >= 0.3 is 0 Å². The molecule has 0 aromatic carbocycles. The van der Waals surface area contributed by atoms with E-state index in [2.05, 4.69) is 42.6 Å². The minimum absolute atomic E-state index is 0.434. The van der Waals surface area contributed by atoms with Crippen molar-refractivity contribution in [1.82, 2.24) is 30.7 Å². The Hall–Kier alpha value is -2.39. The van der Waals surface area contributed by atoms with E-state index in [1.165, 1.54) is 13.0 Å². The highest BCUT2D eigenvalue weighted by atomic mass is 16.5. The van der Waals surface area contributed by atoms with Gasteiger partial charge in [0.15, 0.2) is 11.7 Å². The Bertz CT molecular complexity index is 760. The molecule has 4 rings (SSSR count). The smallest absolute Gasteiger partial charge is 0.216 e. The Morgan fingerprint density at radius 3 is 2.97 bits per heavy atom. The molecular weight excluding hydrogens is 370 g/mol. The van der Waals surface area contributed by atoms with Gasteiger partial charge < -0.3 is 24.7 Å². The number of guanidine groups is 1. The van der Waals surface area contributed by atoms with Crippen molar-refractivity contribution in [2.75, 3.05) is 39.4 Å². The third-order valence-corrected chi connectivity index (χ3v) is 5.47. The first-order chi connectivity index (χ1) is 14.3. The highest BCUT2D eigenvalue weighted by molar-refractivity contribution is 5.80. The van der Waals surface area contributed by atoms with Crippen molar-refractivity contribution in [2.45, 2.75) is 38.8 Å². The zero-order valence-corrected chi connectivity index (χ0v) is 17.1.